The van der Waals surface area contributed by atoms with Gasteiger partial charge in [-0.05, 0) is 44.1 Å². The first kappa shape index (κ1) is 25.7. The van der Waals surface area contributed by atoms with Crippen molar-refractivity contribution in [2.75, 3.05) is 57.9 Å². The van der Waals surface area contributed by atoms with Crippen LogP contribution < -0.4 is 20.5 Å². The van der Waals surface area contributed by atoms with E-state index in [4.69, 9.17) is 9.47 Å². The van der Waals surface area contributed by atoms with Crippen molar-refractivity contribution in [2.24, 2.45) is 0 Å². The number of likely N-dealkylation sites (N-methyl/N-ethyl adjacent to an activating group) is 1. The molecule has 1 fully saturated rings. The van der Waals surface area contributed by atoms with E-state index in [1.54, 1.807) is 7.11 Å². The Labute approximate surface area is 201 Å². The highest BCUT2D eigenvalue weighted by Gasteiger charge is 2.20. The van der Waals surface area contributed by atoms with E-state index in [-0.39, 0.29) is 23.9 Å². The Kier molecular flexibility index (Phi) is 9.47. The third-order valence-corrected chi connectivity index (χ3v) is 6.35. The summed E-state index contributed by atoms with van der Waals surface area (Å²) in [6, 6.07) is 7.99. The van der Waals surface area contributed by atoms with Crippen LogP contribution in [-0.2, 0) is 16.0 Å². The molecule has 0 bridgehead atoms. The molecule has 1 amide bonds. The standard InChI is InChI=1S/C25H37N5O4/c1-5-29(6-2)22(19-8-7-9-20(16-19)33-4)17-26-23(31)11-10-21-18(3)27-25(28-24(21)32)30-12-14-34-15-13-30/h7-9,16,22H,5-6,10-15,17H2,1-4H3,(H,26,31)(H,27,28,32)/t22-/m0/s1. The quantitative estimate of drug-likeness (QED) is 0.517. The number of amides is 1. The van der Waals surface area contributed by atoms with E-state index in [1.807, 2.05) is 30.0 Å². The number of aromatic nitrogens is 2. The Morgan fingerprint density at radius 2 is 2.03 bits per heavy atom. The van der Waals surface area contributed by atoms with E-state index >= 15 is 0 Å². The van der Waals surface area contributed by atoms with Gasteiger partial charge in [0.15, 0.2) is 0 Å². The van der Waals surface area contributed by atoms with Crippen LogP contribution in [0.3, 0.4) is 0 Å². The molecule has 1 aliphatic heterocycles. The zero-order chi connectivity index (χ0) is 24.5. The molecule has 1 aromatic heterocycles. The summed E-state index contributed by atoms with van der Waals surface area (Å²) in [5, 5.41) is 3.06. The fourth-order valence-electron chi connectivity index (χ4n) is 4.32. The number of methoxy groups -OCH3 is 1. The van der Waals surface area contributed by atoms with Crippen LogP contribution in [0.2, 0.25) is 0 Å². The van der Waals surface area contributed by atoms with Crippen molar-refractivity contribution in [2.45, 2.75) is 39.7 Å². The number of morpholine rings is 1. The third kappa shape index (κ3) is 6.57. The van der Waals surface area contributed by atoms with Gasteiger partial charge < -0.3 is 19.7 Å². The fraction of sp³-hybridized carbons (Fsp3) is 0.560. The molecule has 9 nitrogen and oxygen atoms in total. The molecule has 0 spiro atoms. The normalized spacial score (nSPS) is 14.8. The second-order valence-corrected chi connectivity index (χ2v) is 8.37. The number of rotatable bonds is 11. The van der Waals surface area contributed by atoms with Crippen molar-refractivity contribution in [3.8, 4) is 5.75 Å². The summed E-state index contributed by atoms with van der Waals surface area (Å²) in [6.07, 6.45) is 0.573. The number of aryl methyl sites for hydroxylation is 1. The Balaban J connectivity index is 1.62. The monoisotopic (exact) mass is 471 g/mol. The van der Waals surface area contributed by atoms with Crippen molar-refractivity contribution in [1.29, 1.82) is 0 Å². The first-order chi connectivity index (χ1) is 16.5. The average molecular weight is 472 g/mol. The number of hydrogen-bond donors (Lipinski definition) is 2. The van der Waals surface area contributed by atoms with Crippen molar-refractivity contribution in [3.63, 3.8) is 0 Å². The maximum atomic E-state index is 12.7. The summed E-state index contributed by atoms with van der Waals surface area (Å²) < 4.78 is 10.7. The molecule has 1 aromatic carbocycles. The summed E-state index contributed by atoms with van der Waals surface area (Å²) in [7, 11) is 1.65. The zero-order valence-corrected chi connectivity index (χ0v) is 20.7. The molecule has 0 saturated carbocycles. The van der Waals surface area contributed by atoms with Crippen LogP contribution in [0.25, 0.3) is 0 Å². The Hall–Kier alpha value is -2.91. The highest BCUT2D eigenvalue weighted by Crippen LogP contribution is 2.24. The van der Waals surface area contributed by atoms with Gasteiger partial charge in [0.25, 0.3) is 5.56 Å². The van der Waals surface area contributed by atoms with Crippen molar-refractivity contribution < 1.29 is 14.3 Å². The average Bonchev–Trinajstić information content (AvgIpc) is 2.86. The van der Waals surface area contributed by atoms with Crippen molar-refractivity contribution in [3.05, 3.63) is 51.4 Å². The molecule has 2 aromatic rings. The van der Waals surface area contributed by atoms with Crippen LogP contribution in [0.15, 0.2) is 29.1 Å². The fourth-order valence-corrected chi connectivity index (χ4v) is 4.32. The van der Waals surface area contributed by atoms with Gasteiger partial charge in [-0.3, -0.25) is 19.5 Å². The number of carbonyl (C=O) groups is 1. The molecule has 1 saturated heterocycles. The van der Waals surface area contributed by atoms with E-state index in [1.165, 1.54) is 0 Å². The molecular formula is C25H37N5O4. The highest BCUT2D eigenvalue weighted by atomic mass is 16.5. The number of benzene rings is 1. The predicted octanol–water partition coefficient (Wildman–Crippen LogP) is 2.06. The van der Waals surface area contributed by atoms with Crippen LogP contribution in [0.5, 0.6) is 5.75 Å². The van der Waals surface area contributed by atoms with Crippen LogP contribution in [0.1, 0.15) is 43.1 Å². The van der Waals surface area contributed by atoms with Crippen LogP contribution in [-0.4, -0.2) is 73.8 Å². The van der Waals surface area contributed by atoms with E-state index in [0.717, 1.165) is 24.4 Å². The van der Waals surface area contributed by atoms with E-state index < -0.39 is 0 Å². The molecule has 2 N–H and O–H groups in total. The number of anilines is 1. The topological polar surface area (TPSA) is 99.8 Å². The highest BCUT2D eigenvalue weighted by molar-refractivity contribution is 5.76. The molecule has 0 aliphatic carbocycles. The van der Waals surface area contributed by atoms with E-state index in [0.29, 0.717) is 56.5 Å². The molecule has 1 aliphatic rings. The van der Waals surface area contributed by atoms with Gasteiger partial charge in [0.05, 0.1) is 26.4 Å². The maximum absolute atomic E-state index is 12.7. The number of ether oxygens (including phenoxy) is 2. The van der Waals surface area contributed by atoms with Crippen molar-refractivity contribution in [1.82, 2.24) is 20.2 Å². The lowest BCUT2D eigenvalue weighted by molar-refractivity contribution is -0.121. The molecule has 0 radical (unpaired) electrons. The summed E-state index contributed by atoms with van der Waals surface area (Å²) in [4.78, 5) is 37.2. The minimum absolute atomic E-state index is 0.0358. The molecular weight excluding hydrogens is 434 g/mol. The maximum Gasteiger partial charge on any atom is 0.255 e. The number of nitrogens with one attached hydrogen (secondary N) is 2. The SMILES string of the molecule is CCN(CC)[C@@H](CNC(=O)CCc1c(C)nc(N2CCOCC2)[nH]c1=O)c1cccc(OC)c1. The Bertz CT molecular complexity index is 999. The lowest BCUT2D eigenvalue weighted by Gasteiger charge is -2.30. The van der Waals surface area contributed by atoms with E-state index in [2.05, 4.69) is 40.1 Å². The van der Waals surface area contributed by atoms with E-state index in [9.17, 15) is 9.59 Å². The largest absolute Gasteiger partial charge is 0.497 e. The molecule has 3 rings (SSSR count). The molecule has 1 atom stereocenters. The summed E-state index contributed by atoms with van der Waals surface area (Å²) in [5.74, 6) is 1.28. The first-order valence-corrected chi connectivity index (χ1v) is 12.0. The lowest BCUT2D eigenvalue weighted by Crippen LogP contribution is -2.39. The number of nitrogens with zero attached hydrogens (tertiary/aromatic N) is 3. The zero-order valence-electron chi connectivity index (χ0n) is 20.7. The summed E-state index contributed by atoms with van der Waals surface area (Å²) >= 11 is 0. The lowest BCUT2D eigenvalue weighted by atomic mass is 10.0. The molecule has 34 heavy (non-hydrogen) atoms. The van der Waals surface area contributed by atoms with Gasteiger partial charge in [0.1, 0.15) is 5.75 Å². The van der Waals surface area contributed by atoms with Crippen molar-refractivity contribution >= 4 is 11.9 Å². The molecule has 0 unspecified atom stereocenters. The second kappa shape index (κ2) is 12.5. The summed E-state index contributed by atoms with van der Waals surface area (Å²) in [6.45, 7) is 10.9. The number of aromatic amines is 1. The van der Waals surface area contributed by atoms with Gasteiger partial charge in [0.2, 0.25) is 11.9 Å². The summed E-state index contributed by atoms with van der Waals surface area (Å²) in [5.41, 5.74) is 2.13. The van der Waals surface area contributed by atoms with Crippen LogP contribution >= 0.6 is 0 Å². The van der Waals surface area contributed by atoms with Crippen LogP contribution in [0, 0.1) is 6.92 Å². The van der Waals surface area contributed by atoms with Crippen LogP contribution in [0.4, 0.5) is 5.95 Å². The Morgan fingerprint density at radius 3 is 2.68 bits per heavy atom. The number of H-pyrrole nitrogens is 1. The minimum Gasteiger partial charge on any atom is -0.497 e. The number of carbonyl (C=O) groups excluding carboxylic acids is 1. The Morgan fingerprint density at radius 1 is 1.29 bits per heavy atom. The van der Waals surface area contributed by atoms with Gasteiger partial charge in [-0.15, -0.1) is 0 Å². The van der Waals surface area contributed by atoms with Gasteiger partial charge in [-0.25, -0.2) is 4.98 Å². The molecule has 186 valence electrons. The molecule has 2 heterocycles. The van der Waals surface area contributed by atoms with Gasteiger partial charge in [-0.1, -0.05) is 26.0 Å². The minimum atomic E-state index is -0.181. The molecule has 9 heteroatoms. The first-order valence-electron chi connectivity index (χ1n) is 12.0. The predicted molar refractivity (Wildman–Crippen MR) is 133 cm³/mol. The van der Waals surface area contributed by atoms with Gasteiger partial charge >= 0.3 is 0 Å². The third-order valence-electron chi connectivity index (χ3n) is 6.35. The van der Waals surface area contributed by atoms with Gasteiger partial charge in [-0.2, -0.15) is 0 Å². The smallest absolute Gasteiger partial charge is 0.255 e. The van der Waals surface area contributed by atoms with Gasteiger partial charge in [0, 0.05) is 37.3 Å². The number of hydrogen-bond acceptors (Lipinski definition) is 7. The second-order valence-electron chi connectivity index (χ2n) is 8.37.